The molecule has 4 nitrogen and oxygen atoms in total. The summed E-state index contributed by atoms with van der Waals surface area (Å²) in [6.45, 7) is 0.210. The highest BCUT2D eigenvalue weighted by Crippen LogP contribution is 2.20. The smallest absolute Gasteiger partial charge is 0.138 e. The van der Waals surface area contributed by atoms with Crippen LogP contribution in [0.4, 0.5) is 4.39 Å². The molecule has 1 heterocycles. The normalized spacial score (nSPS) is 9.95. The Morgan fingerprint density at radius 3 is 3.00 bits per heavy atom. The summed E-state index contributed by atoms with van der Waals surface area (Å²) in [6.07, 6.45) is 2.31. The van der Waals surface area contributed by atoms with Crippen LogP contribution in [-0.4, -0.2) is 20.9 Å². The fourth-order valence-electron chi connectivity index (χ4n) is 1.54. The van der Waals surface area contributed by atoms with E-state index in [1.807, 2.05) is 0 Å². The standard InChI is InChI=1S/C14H13ClFN3O/c1-19-9-13(17-18-19)10-20-14-8-12(16)6-5-11(14)4-2-3-7-15/h5-6,8-9H,3,7,10H2,1H3. The van der Waals surface area contributed by atoms with Crippen molar-refractivity contribution in [3.05, 3.63) is 41.5 Å². The van der Waals surface area contributed by atoms with Crippen LogP contribution in [0.25, 0.3) is 0 Å². The van der Waals surface area contributed by atoms with Gasteiger partial charge >= 0.3 is 0 Å². The van der Waals surface area contributed by atoms with Crippen molar-refractivity contribution in [1.82, 2.24) is 15.0 Å². The number of aryl methyl sites for hydroxylation is 1. The number of hydrogen-bond acceptors (Lipinski definition) is 3. The van der Waals surface area contributed by atoms with Gasteiger partial charge in [0.05, 0.1) is 11.8 Å². The first-order valence-electron chi connectivity index (χ1n) is 6.01. The molecule has 0 aliphatic rings. The van der Waals surface area contributed by atoms with Gasteiger partial charge in [0.25, 0.3) is 0 Å². The minimum absolute atomic E-state index is 0.210. The Hall–Kier alpha value is -2.06. The zero-order chi connectivity index (χ0) is 14.4. The van der Waals surface area contributed by atoms with Crippen LogP contribution in [0.2, 0.25) is 0 Å². The number of alkyl halides is 1. The van der Waals surface area contributed by atoms with Crippen LogP contribution in [0, 0.1) is 17.7 Å². The number of rotatable bonds is 4. The monoisotopic (exact) mass is 293 g/mol. The molecule has 0 aliphatic carbocycles. The zero-order valence-electron chi connectivity index (χ0n) is 10.9. The van der Waals surface area contributed by atoms with Gasteiger partial charge in [-0.3, -0.25) is 4.68 Å². The Morgan fingerprint density at radius 2 is 2.30 bits per heavy atom. The molecule has 1 aromatic heterocycles. The van der Waals surface area contributed by atoms with Gasteiger partial charge < -0.3 is 4.74 Å². The van der Waals surface area contributed by atoms with Crippen LogP contribution in [0.5, 0.6) is 5.75 Å². The summed E-state index contributed by atoms with van der Waals surface area (Å²) in [7, 11) is 1.77. The Balaban J connectivity index is 2.13. The topological polar surface area (TPSA) is 39.9 Å². The van der Waals surface area contributed by atoms with Gasteiger partial charge in [-0.1, -0.05) is 17.1 Å². The van der Waals surface area contributed by atoms with Gasteiger partial charge in [-0.2, -0.15) is 0 Å². The van der Waals surface area contributed by atoms with Crippen molar-refractivity contribution in [2.24, 2.45) is 7.05 Å². The molecule has 2 aromatic rings. The quantitative estimate of drug-likeness (QED) is 0.642. The van der Waals surface area contributed by atoms with Crippen molar-refractivity contribution in [2.75, 3.05) is 5.88 Å². The fourth-order valence-corrected chi connectivity index (χ4v) is 1.63. The highest BCUT2D eigenvalue weighted by atomic mass is 35.5. The van der Waals surface area contributed by atoms with E-state index in [-0.39, 0.29) is 12.4 Å². The second-order valence-electron chi connectivity index (χ2n) is 4.05. The molecule has 0 saturated carbocycles. The predicted molar refractivity (Wildman–Crippen MR) is 74.0 cm³/mol. The van der Waals surface area contributed by atoms with Crippen LogP contribution in [-0.2, 0) is 13.7 Å². The average molecular weight is 294 g/mol. The van der Waals surface area contributed by atoms with Crippen LogP contribution >= 0.6 is 11.6 Å². The van der Waals surface area contributed by atoms with Crippen molar-refractivity contribution in [3.8, 4) is 17.6 Å². The lowest BCUT2D eigenvalue weighted by molar-refractivity contribution is 0.298. The Bertz CT molecular complexity index is 645. The second kappa shape index (κ2) is 6.92. The molecule has 0 saturated heterocycles. The summed E-state index contributed by atoms with van der Waals surface area (Å²) in [5, 5.41) is 7.70. The molecule has 0 spiro atoms. The summed E-state index contributed by atoms with van der Waals surface area (Å²) < 4.78 is 20.4. The third-order valence-electron chi connectivity index (χ3n) is 2.41. The van der Waals surface area contributed by atoms with E-state index in [9.17, 15) is 4.39 Å². The van der Waals surface area contributed by atoms with Crippen molar-refractivity contribution < 1.29 is 9.13 Å². The second-order valence-corrected chi connectivity index (χ2v) is 4.43. The van der Waals surface area contributed by atoms with Gasteiger partial charge in [-0.25, -0.2) is 4.39 Å². The number of hydrogen-bond donors (Lipinski definition) is 0. The van der Waals surface area contributed by atoms with E-state index in [0.717, 1.165) is 0 Å². The van der Waals surface area contributed by atoms with Crippen LogP contribution in [0.3, 0.4) is 0 Å². The number of nitrogens with zero attached hydrogens (tertiary/aromatic N) is 3. The van der Waals surface area contributed by atoms with Gasteiger partial charge in [0.15, 0.2) is 0 Å². The Kier molecular flexibility index (Phi) is 4.97. The van der Waals surface area contributed by atoms with Gasteiger partial charge in [0.1, 0.15) is 23.9 Å². The molecule has 2 rings (SSSR count). The van der Waals surface area contributed by atoms with E-state index in [1.165, 1.54) is 12.1 Å². The molecule has 6 heteroatoms. The molecule has 0 amide bonds. The molecule has 0 fully saturated rings. The molecule has 0 N–H and O–H groups in total. The Morgan fingerprint density at radius 1 is 1.45 bits per heavy atom. The zero-order valence-corrected chi connectivity index (χ0v) is 11.7. The summed E-state index contributed by atoms with van der Waals surface area (Å²) in [6, 6.07) is 4.24. The molecule has 0 bridgehead atoms. The largest absolute Gasteiger partial charge is 0.486 e. The molecule has 0 radical (unpaired) electrons. The van der Waals surface area contributed by atoms with Crippen LogP contribution in [0.15, 0.2) is 24.4 Å². The van der Waals surface area contributed by atoms with E-state index < -0.39 is 0 Å². The van der Waals surface area contributed by atoms with Crippen LogP contribution in [0.1, 0.15) is 17.7 Å². The van der Waals surface area contributed by atoms with Gasteiger partial charge in [-0.15, -0.1) is 16.7 Å². The molecule has 0 aliphatic heterocycles. The lowest BCUT2D eigenvalue weighted by Gasteiger charge is -2.06. The lowest BCUT2D eigenvalue weighted by atomic mass is 10.2. The maximum absolute atomic E-state index is 13.3. The Labute approximate surface area is 121 Å². The average Bonchev–Trinajstić information content (AvgIpc) is 2.84. The molecule has 20 heavy (non-hydrogen) atoms. The van der Waals surface area contributed by atoms with Gasteiger partial charge in [-0.05, 0) is 12.1 Å². The summed E-state index contributed by atoms with van der Waals surface area (Å²) in [4.78, 5) is 0. The van der Waals surface area contributed by atoms with Crippen molar-refractivity contribution >= 4 is 11.6 Å². The number of ether oxygens (including phenoxy) is 1. The van der Waals surface area contributed by atoms with E-state index in [2.05, 4.69) is 22.2 Å². The van der Waals surface area contributed by atoms with Crippen molar-refractivity contribution in [1.29, 1.82) is 0 Å². The molecular formula is C14H13ClFN3O. The fraction of sp³-hybridized carbons (Fsp3) is 0.286. The highest BCUT2D eigenvalue weighted by Gasteiger charge is 2.06. The highest BCUT2D eigenvalue weighted by molar-refractivity contribution is 6.18. The van der Waals surface area contributed by atoms with Crippen LogP contribution < -0.4 is 4.74 Å². The summed E-state index contributed by atoms with van der Waals surface area (Å²) >= 11 is 5.57. The molecule has 1 aromatic carbocycles. The number of aromatic nitrogens is 3. The maximum Gasteiger partial charge on any atom is 0.138 e. The first kappa shape index (κ1) is 14.4. The van der Waals surface area contributed by atoms with E-state index in [0.29, 0.717) is 29.3 Å². The van der Waals surface area contributed by atoms with E-state index in [4.69, 9.17) is 16.3 Å². The van der Waals surface area contributed by atoms with E-state index >= 15 is 0 Å². The minimum atomic E-state index is -0.373. The third kappa shape index (κ3) is 3.97. The van der Waals surface area contributed by atoms with Gasteiger partial charge in [0.2, 0.25) is 0 Å². The van der Waals surface area contributed by atoms with Gasteiger partial charge in [0, 0.05) is 25.4 Å². The SMILES string of the molecule is Cn1cc(COc2cc(F)ccc2C#CCCCl)nn1. The van der Waals surface area contributed by atoms with Crippen molar-refractivity contribution in [3.63, 3.8) is 0 Å². The maximum atomic E-state index is 13.3. The number of benzene rings is 1. The third-order valence-corrected chi connectivity index (χ3v) is 2.60. The first-order chi connectivity index (χ1) is 9.69. The van der Waals surface area contributed by atoms with E-state index in [1.54, 1.807) is 24.0 Å². The summed E-state index contributed by atoms with van der Waals surface area (Å²) in [5.41, 5.74) is 1.29. The predicted octanol–water partition coefficient (Wildman–Crippen LogP) is 2.51. The first-order valence-corrected chi connectivity index (χ1v) is 6.55. The summed E-state index contributed by atoms with van der Waals surface area (Å²) in [5.74, 6) is 6.29. The molecule has 0 atom stereocenters. The molecule has 0 unspecified atom stereocenters. The number of halogens is 2. The van der Waals surface area contributed by atoms with Crippen molar-refractivity contribution in [2.45, 2.75) is 13.0 Å². The molecule has 104 valence electrons. The minimum Gasteiger partial charge on any atom is -0.486 e. The molecular weight excluding hydrogens is 281 g/mol. The lowest BCUT2D eigenvalue weighted by Crippen LogP contribution is -1.98.